The van der Waals surface area contributed by atoms with Crippen molar-refractivity contribution in [2.45, 2.75) is 37.9 Å². The van der Waals surface area contributed by atoms with Crippen LogP contribution in [-0.2, 0) is 13.2 Å². The van der Waals surface area contributed by atoms with Crippen LogP contribution in [0.25, 0.3) is 11.3 Å². The Kier molecular flexibility index (Phi) is 5.54. The molecular weight excluding hydrogens is 426 g/mol. The highest BCUT2D eigenvalue weighted by Gasteiger charge is 2.37. The van der Waals surface area contributed by atoms with Gasteiger partial charge >= 0.3 is 6.18 Å². The monoisotopic (exact) mass is 445 g/mol. The zero-order valence-electron chi connectivity index (χ0n) is 17.3. The van der Waals surface area contributed by atoms with E-state index in [9.17, 15) is 22.8 Å². The minimum Gasteiger partial charge on any atom is -0.366 e. The van der Waals surface area contributed by atoms with Crippen molar-refractivity contribution in [2.24, 2.45) is 7.05 Å². The Morgan fingerprint density at radius 2 is 2.03 bits per heavy atom. The Morgan fingerprint density at radius 1 is 1.25 bits per heavy atom. The molecule has 1 fully saturated rings. The fraction of sp³-hybridized carbons (Fsp3) is 0.381. The molecule has 0 N–H and O–H groups in total. The average Bonchev–Trinajstić information content (AvgIpc) is 3.18. The molecule has 0 spiro atoms. The largest absolute Gasteiger partial charge is 0.433 e. The summed E-state index contributed by atoms with van der Waals surface area (Å²) >= 11 is 0. The number of hydrogen-bond donors (Lipinski definition) is 0. The standard InChI is InChI=1S/C21H19F4N7/c1-12-7-13(20-30-28-11-31(20)2)5-6-32(12)19-15(9-26)8-16(21(23,24)25)29-18(19)14-3-4-17(22)27-10-14/h3-4,8,10-13H,5-7H2,1-2H3/t12-,13+/m1/s1. The molecule has 4 heterocycles. The van der Waals surface area contributed by atoms with E-state index in [1.165, 1.54) is 6.07 Å². The zero-order chi connectivity index (χ0) is 23.0. The van der Waals surface area contributed by atoms with Crippen molar-refractivity contribution in [2.75, 3.05) is 11.4 Å². The Balaban J connectivity index is 1.80. The third-order valence-corrected chi connectivity index (χ3v) is 5.68. The molecule has 0 aliphatic carbocycles. The summed E-state index contributed by atoms with van der Waals surface area (Å²) in [4.78, 5) is 9.28. The second-order valence-corrected chi connectivity index (χ2v) is 7.80. The molecule has 7 nitrogen and oxygen atoms in total. The summed E-state index contributed by atoms with van der Waals surface area (Å²) in [5.41, 5.74) is -0.883. The lowest BCUT2D eigenvalue weighted by Crippen LogP contribution is -2.41. The lowest BCUT2D eigenvalue weighted by atomic mass is 9.89. The van der Waals surface area contributed by atoms with E-state index < -0.39 is 17.8 Å². The third kappa shape index (κ3) is 4.00. The van der Waals surface area contributed by atoms with Gasteiger partial charge in [-0.15, -0.1) is 10.2 Å². The van der Waals surface area contributed by atoms with Gasteiger partial charge in [0, 0.05) is 37.3 Å². The van der Waals surface area contributed by atoms with Crippen molar-refractivity contribution in [1.82, 2.24) is 24.7 Å². The van der Waals surface area contributed by atoms with Crippen molar-refractivity contribution in [3.63, 3.8) is 0 Å². The number of pyridine rings is 2. The van der Waals surface area contributed by atoms with Gasteiger partial charge in [-0.05, 0) is 38.0 Å². The predicted octanol–water partition coefficient (Wildman–Crippen LogP) is 4.07. The number of halogens is 4. The molecule has 0 amide bonds. The molecule has 4 rings (SSSR count). The van der Waals surface area contributed by atoms with Crippen molar-refractivity contribution in [3.05, 3.63) is 53.8 Å². The molecule has 0 saturated carbocycles. The molecule has 0 aromatic carbocycles. The van der Waals surface area contributed by atoms with Crippen molar-refractivity contribution < 1.29 is 17.6 Å². The van der Waals surface area contributed by atoms with Crippen LogP contribution < -0.4 is 4.90 Å². The highest BCUT2D eigenvalue weighted by atomic mass is 19.4. The second kappa shape index (κ2) is 8.18. The quantitative estimate of drug-likeness (QED) is 0.446. The summed E-state index contributed by atoms with van der Waals surface area (Å²) in [6.45, 7) is 2.41. The summed E-state index contributed by atoms with van der Waals surface area (Å²) in [7, 11) is 1.86. The number of nitriles is 1. The summed E-state index contributed by atoms with van der Waals surface area (Å²) in [5, 5.41) is 17.8. The normalized spacial score (nSPS) is 19.1. The summed E-state index contributed by atoms with van der Waals surface area (Å²) < 4.78 is 55.7. The Labute approximate surface area is 181 Å². The second-order valence-electron chi connectivity index (χ2n) is 7.80. The molecule has 166 valence electrons. The molecular formula is C21H19F4N7. The van der Waals surface area contributed by atoms with E-state index in [1.54, 1.807) is 6.33 Å². The van der Waals surface area contributed by atoms with Crippen LogP contribution in [-0.4, -0.2) is 37.3 Å². The summed E-state index contributed by atoms with van der Waals surface area (Å²) in [6.07, 6.45) is -0.654. The van der Waals surface area contributed by atoms with Gasteiger partial charge in [0.25, 0.3) is 0 Å². The molecule has 3 aromatic heterocycles. The van der Waals surface area contributed by atoms with Crippen LogP contribution in [0.2, 0.25) is 0 Å². The maximum Gasteiger partial charge on any atom is 0.433 e. The number of hydrogen-bond acceptors (Lipinski definition) is 6. The maximum atomic E-state index is 13.5. The van der Waals surface area contributed by atoms with E-state index in [0.29, 0.717) is 19.4 Å². The first-order valence-corrected chi connectivity index (χ1v) is 9.93. The molecule has 2 atom stereocenters. The molecule has 0 radical (unpaired) electrons. The SMILES string of the molecule is C[C@@H]1C[C@@H](c2nncn2C)CCN1c1c(C#N)cc(C(F)(F)F)nc1-c1ccc(F)nc1. The number of alkyl halides is 3. The lowest BCUT2D eigenvalue weighted by Gasteiger charge is -2.40. The molecule has 1 aliphatic rings. The van der Waals surface area contributed by atoms with E-state index in [-0.39, 0.29) is 34.5 Å². The lowest BCUT2D eigenvalue weighted by molar-refractivity contribution is -0.141. The van der Waals surface area contributed by atoms with Crippen LogP contribution >= 0.6 is 0 Å². The van der Waals surface area contributed by atoms with E-state index >= 15 is 0 Å². The Bertz CT molecular complexity index is 1160. The van der Waals surface area contributed by atoms with Crippen molar-refractivity contribution in [1.29, 1.82) is 5.26 Å². The first-order chi connectivity index (χ1) is 15.2. The number of piperidine rings is 1. The smallest absolute Gasteiger partial charge is 0.366 e. The number of nitrogens with zero attached hydrogens (tertiary/aromatic N) is 7. The first kappa shape index (κ1) is 21.7. The van der Waals surface area contributed by atoms with Gasteiger partial charge in [0.1, 0.15) is 23.9 Å². The fourth-order valence-electron chi connectivity index (χ4n) is 4.18. The van der Waals surface area contributed by atoms with Crippen molar-refractivity contribution in [3.8, 4) is 17.3 Å². The van der Waals surface area contributed by atoms with Gasteiger partial charge in [0.05, 0.1) is 16.9 Å². The Hall–Kier alpha value is -3.55. The topological polar surface area (TPSA) is 83.5 Å². The van der Waals surface area contributed by atoms with E-state index in [4.69, 9.17) is 0 Å². The molecule has 0 unspecified atom stereocenters. The number of aryl methyl sites for hydroxylation is 1. The van der Waals surface area contributed by atoms with Crippen LogP contribution in [0.3, 0.4) is 0 Å². The zero-order valence-corrected chi connectivity index (χ0v) is 17.3. The van der Waals surface area contributed by atoms with Crippen LogP contribution in [0, 0.1) is 17.3 Å². The first-order valence-electron chi connectivity index (χ1n) is 9.93. The van der Waals surface area contributed by atoms with Gasteiger partial charge in [-0.3, -0.25) is 0 Å². The van der Waals surface area contributed by atoms with Gasteiger partial charge < -0.3 is 9.47 Å². The Morgan fingerprint density at radius 3 is 2.59 bits per heavy atom. The molecule has 11 heteroatoms. The predicted molar refractivity (Wildman–Crippen MR) is 107 cm³/mol. The van der Waals surface area contributed by atoms with Gasteiger partial charge in [0.2, 0.25) is 5.95 Å². The summed E-state index contributed by atoms with van der Waals surface area (Å²) in [5.74, 6) is 0.198. The third-order valence-electron chi connectivity index (χ3n) is 5.68. The highest BCUT2D eigenvalue weighted by molar-refractivity contribution is 5.80. The van der Waals surface area contributed by atoms with Crippen LogP contribution in [0.5, 0.6) is 0 Å². The van der Waals surface area contributed by atoms with Gasteiger partial charge in [-0.25, -0.2) is 9.97 Å². The summed E-state index contributed by atoms with van der Waals surface area (Å²) in [6, 6.07) is 4.90. The van der Waals surface area contributed by atoms with Crippen LogP contribution in [0.1, 0.15) is 42.8 Å². The molecule has 3 aromatic rings. The van der Waals surface area contributed by atoms with Gasteiger partial charge in [-0.1, -0.05) is 0 Å². The minimum absolute atomic E-state index is 0.0483. The number of rotatable bonds is 3. The molecule has 32 heavy (non-hydrogen) atoms. The van der Waals surface area contributed by atoms with E-state index in [1.807, 2.05) is 29.5 Å². The molecule has 0 bridgehead atoms. The van der Waals surface area contributed by atoms with Gasteiger partial charge in [-0.2, -0.15) is 22.8 Å². The average molecular weight is 445 g/mol. The van der Waals surface area contributed by atoms with Gasteiger partial charge in [0.15, 0.2) is 0 Å². The molecule has 1 saturated heterocycles. The van der Waals surface area contributed by atoms with Crippen molar-refractivity contribution >= 4 is 5.69 Å². The van der Waals surface area contributed by atoms with Crippen LogP contribution in [0.4, 0.5) is 23.2 Å². The fourth-order valence-corrected chi connectivity index (χ4v) is 4.18. The number of anilines is 1. The highest BCUT2D eigenvalue weighted by Crippen LogP contribution is 2.41. The minimum atomic E-state index is -4.74. The van der Waals surface area contributed by atoms with E-state index in [2.05, 4.69) is 20.2 Å². The van der Waals surface area contributed by atoms with E-state index in [0.717, 1.165) is 24.2 Å². The molecule has 1 aliphatic heterocycles. The maximum absolute atomic E-state index is 13.5. The van der Waals surface area contributed by atoms with Crippen LogP contribution in [0.15, 0.2) is 30.7 Å². The number of aromatic nitrogens is 5.